The highest BCUT2D eigenvalue weighted by Crippen LogP contribution is 2.15. The van der Waals surface area contributed by atoms with Gasteiger partial charge in [-0.2, -0.15) is 0 Å². The summed E-state index contributed by atoms with van der Waals surface area (Å²) in [6.45, 7) is 3.01. The first-order chi connectivity index (χ1) is 11.5. The topological polar surface area (TPSA) is 53.1 Å². The molecule has 24 heavy (non-hydrogen) atoms. The number of rotatable bonds is 6. The van der Waals surface area contributed by atoms with E-state index in [1.54, 1.807) is 29.2 Å². The second-order valence-electron chi connectivity index (χ2n) is 6.06. The average molecular weight is 354 g/mol. The van der Waals surface area contributed by atoms with Crippen LogP contribution in [-0.4, -0.2) is 79.9 Å². The monoisotopic (exact) mass is 353 g/mol. The number of nitrogens with zero attached hydrogens (tertiary/aromatic N) is 3. The van der Waals surface area contributed by atoms with Gasteiger partial charge in [0.2, 0.25) is 5.91 Å². The molecule has 1 fully saturated rings. The Balaban J connectivity index is 1.72. The van der Waals surface area contributed by atoms with Crippen molar-refractivity contribution in [1.29, 1.82) is 0 Å². The van der Waals surface area contributed by atoms with E-state index >= 15 is 0 Å². The maximum atomic E-state index is 12.2. The van der Waals surface area contributed by atoms with E-state index in [-0.39, 0.29) is 18.4 Å². The van der Waals surface area contributed by atoms with Crippen molar-refractivity contribution in [3.8, 4) is 5.75 Å². The Labute approximate surface area is 147 Å². The lowest BCUT2D eigenvalue weighted by atomic mass is 10.2. The molecule has 0 spiro atoms. The van der Waals surface area contributed by atoms with Gasteiger partial charge in [-0.3, -0.25) is 9.59 Å². The lowest BCUT2D eigenvalue weighted by Crippen LogP contribution is -2.51. The number of halogens is 1. The summed E-state index contributed by atoms with van der Waals surface area (Å²) in [5.74, 6) is 0.698. The summed E-state index contributed by atoms with van der Waals surface area (Å²) in [5.41, 5.74) is 0. The molecule has 6 nitrogen and oxygen atoms in total. The van der Waals surface area contributed by atoms with Crippen molar-refractivity contribution in [3.63, 3.8) is 0 Å². The van der Waals surface area contributed by atoms with Gasteiger partial charge in [-0.1, -0.05) is 11.6 Å². The van der Waals surface area contributed by atoms with Crippen LogP contribution in [0.5, 0.6) is 5.75 Å². The highest BCUT2D eigenvalue weighted by molar-refractivity contribution is 6.30. The van der Waals surface area contributed by atoms with E-state index in [0.29, 0.717) is 43.4 Å². The van der Waals surface area contributed by atoms with E-state index in [1.807, 2.05) is 23.9 Å². The largest absolute Gasteiger partial charge is 0.484 e. The van der Waals surface area contributed by atoms with Crippen LogP contribution in [0.4, 0.5) is 0 Å². The molecular weight excluding hydrogens is 330 g/mol. The summed E-state index contributed by atoms with van der Waals surface area (Å²) in [5, 5.41) is 0.628. The molecule has 0 N–H and O–H groups in total. The molecule has 132 valence electrons. The van der Waals surface area contributed by atoms with Gasteiger partial charge in [0.05, 0.1) is 0 Å². The third kappa shape index (κ3) is 5.69. The summed E-state index contributed by atoms with van der Waals surface area (Å²) in [6.07, 6.45) is 0.515. The van der Waals surface area contributed by atoms with Crippen LogP contribution in [0.1, 0.15) is 6.42 Å². The van der Waals surface area contributed by atoms with Crippen LogP contribution < -0.4 is 4.74 Å². The first-order valence-corrected chi connectivity index (χ1v) is 8.42. The number of piperazine rings is 1. The van der Waals surface area contributed by atoms with E-state index in [9.17, 15) is 9.59 Å². The molecule has 0 saturated carbocycles. The number of carbonyl (C=O) groups excluding carboxylic acids is 2. The Kier molecular flexibility index (Phi) is 6.87. The zero-order valence-corrected chi connectivity index (χ0v) is 15.0. The number of ether oxygens (including phenoxy) is 1. The van der Waals surface area contributed by atoms with Crippen LogP contribution in [0.3, 0.4) is 0 Å². The van der Waals surface area contributed by atoms with Crippen molar-refractivity contribution >= 4 is 23.4 Å². The quantitative estimate of drug-likeness (QED) is 0.774. The highest BCUT2D eigenvalue weighted by atomic mass is 35.5. The maximum Gasteiger partial charge on any atom is 0.260 e. The van der Waals surface area contributed by atoms with E-state index in [2.05, 4.69) is 0 Å². The van der Waals surface area contributed by atoms with Gasteiger partial charge in [0.1, 0.15) is 5.75 Å². The Morgan fingerprint density at radius 2 is 1.58 bits per heavy atom. The van der Waals surface area contributed by atoms with Crippen LogP contribution in [0.2, 0.25) is 5.02 Å². The van der Waals surface area contributed by atoms with Gasteiger partial charge in [0.15, 0.2) is 6.61 Å². The summed E-state index contributed by atoms with van der Waals surface area (Å²) < 4.78 is 5.48. The fourth-order valence-corrected chi connectivity index (χ4v) is 2.58. The first-order valence-electron chi connectivity index (χ1n) is 8.04. The third-order valence-corrected chi connectivity index (χ3v) is 4.19. The summed E-state index contributed by atoms with van der Waals surface area (Å²) in [6, 6.07) is 6.91. The lowest BCUT2D eigenvalue weighted by molar-refractivity contribution is -0.140. The molecule has 2 amide bonds. The standard InChI is InChI=1S/C17H24ClN3O3/c1-19(2)8-7-16(22)20-9-11-21(12-10-20)17(23)13-24-15-5-3-14(18)4-6-15/h3-6H,7-13H2,1-2H3. The predicted molar refractivity (Wildman–Crippen MR) is 93.3 cm³/mol. The second-order valence-corrected chi connectivity index (χ2v) is 6.49. The van der Waals surface area contributed by atoms with Crippen LogP contribution in [0, 0.1) is 0 Å². The minimum atomic E-state index is -0.0645. The molecule has 1 heterocycles. The molecule has 0 aromatic heterocycles. The number of benzene rings is 1. The van der Waals surface area contributed by atoms with Gasteiger partial charge in [-0.05, 0) is 38.4 Å². The highest BCUT2D eigenvalue weighted by Gasteiger charge is 2.24. The Bertz CT molecular complexity index is 555. The average Bonchev–Trinajstić information content (AvgIpc) is 2.59. The molecule has 1 aromatic rings. The minimum Gasteiger partial charge on any atom is -0.484 e. The first kappa shape index (κ1) is 18.5. The molecular formula is C17H24ClN3O3. The van der Waals surface area contributed by atoms with Crippen LogP contribution >= 0.6 is 11.6 Å². The Hall–Kier alpha value is -1.79. The molecule has 0 radical (unpaired) electrons. The van der Waals surface area contributed by atoms with Crippen molar-refractivity contribution in [2.45, 2.75) is 6.42 Å². The van der Waals surface area contributed by atoms with Gasteiger partial charge in [0.25, 0.3) is 5.91 Å². The van der Waals surface area contributed by atoms with Gasteiger partial charge >= 0.3 is 0 Å². The molecule has 1 aliphatic rings. The SMILES string of the molecule is CN(C)CCC(=O)N1CCN(C(=O)COc2ccc(Cl)cc2)CC1. The van der Waals surface area contributed by atoms with E-state index in [0.717, 1.165) is 6.54 Å². The van der Waals surface area contributed by atoms with Crippen LogP contribution in [0.15, 0.2) is 24.3 Å². The number of hydrogen-bond donors (Lipinski definition) is 0. The normalized spacial score (nSPS) is 14.8. The van der Waals surface area contributed by atoms with Crippen LogP contribution in [0.25, 0.3) is 0 Å². The van der Waals surface area contributed by atoms with E-state index in [1.165, 1.54) is 0 Å². The smallest absolute Gasteiger partial charge is 0.260 e. The molecule has 1 aromatic carbocycles. The minimum absolute atomic E-state index is 0.00376. The number of carbonyl (C=O) groups is 2. The Morgan fingerprint density at radius 3 is 2.12 bits per heavy atom. The summed E-state index contributed by atoms with van der Waals surface area (Å²) in [4.78, 5) is 29.8. The van der Waals surface area contributed by atoms with Crippen molar-refractivity contribution in [2.75, 3.05) is 53.4 Å². The Morgan fingerprint density at radius 1 is 1.04 bits per heavy atom. The molecule has 0 bridgehead atoms. The molecule has 0 unspecified atom stereocenters. The molecule has 0 atom stereocenters. The third-order valence-electron chi connectivity index (χ3n) is 3.93. The molecule has 2 rings (SSSR count). The molecule has 1 aliphatic heterocycles. The number of hydrogen-bond acceptors (Lipinski definition) is 4. The van der Waals surface area contributed by atoms with Gasteiger partial charge in [0, 0.05) is 44.2 Å². The second kappa shape index (κ2) is 8.89. The van der Waals surface area contributed by atoms with Gasteiger partial charge in [-0.15, -0.1) is 0 Å². The summed E-state index contributed by atoms with van der Waals surface area (Å²) in [7, 11) is 3.90. The lowest BCUT2D eigenvalue weighted by Gasteiger charge is -2.35. The van der Waals surface area contributed by atoms with Crippen molar-refractivity contribution in [2.24, 2.45) is 0 Å². The maximum absolute atomic E-state index is 12.2. The van der Waals surface area contributed by atoms with Crippen molar-refractivity contribution in [1.82, 2.24) is 14.7 Å². The molecule has 0 aliphatic carbocycles. The zero-order valence-electron chi connectivity index (χ0n) is 14.2. The fourth-order valence-electron chi connectivity index (χ4n) is 2.45. The molecule has 1 saturated heterocycles. The zero-order chi connectivity index (χ0) is 17.5. The van der Waals surface area contributed by atoms with E-state index in [4.69, 9.17) is 16.3 Å². The predicted octanol–water partition coefficient (Wildman–Crippen LogP) is 1.34. The summed E-state index contributed by atoms with van der Waals surface area (Å²) >= 11 is 5.81. The number of amides is 2. The molecule has 7 heteroatoms. The van der Waals surface area contributed by atoms with Crippen molar-refractivity contribution in [3.05, 3.63) is 29.3 Å². The van der Waals surface area contributed by atoms with Gasteiger partial charge < -0.3 is 19.4 Å². The van der Waals surface area contributed by atoms with Crippen molar-refractivity contribution < 1.29 is 14.3 Å². The van der Waals surface area contributed by atoms with Gasteiger partial charge in [-0.25, -0.2) is 0 Å². The van der Waals surface area contributed by atoms with Crippen LogP contribution in [-0.2, 0) is 9.59 Å². The fraction of sp³-hybridized carbons (Fsp3) is 0.529. The van der Waals surface area contributed by atoms with E-state index < -0.39 is 0 Å².